The summed E-state index contributed by atoms with van der Waals surface area (Å²) in [5, 5.41) is 5.07. The first-order valence-electron chi connectivity index (χ1n) is 9.31. The molecular weight excluding hydrogens is 374 g/mol. The molecule has 1 aromatic heterocycles. The number of nitrogens with one attached hydrogen (secondary N) is 1. The zero-order chi connectivity index (χ0) is 19.8. The van der Waals surface area contributed by atoms with Crippen LogP contribution >= 0.6 is 11.3 Å². The van der Waals surface area contributed by atoms with Gasteiger partial charge in [0.25, 0.3) is 0 Å². The van der Waals surface area contributed by atoms with Crippen LogP contribution in [0.1, 0.15) is 25.3 Å². The predicted molar refractivity (Wildman–Crippen MR) is 108 cm³/mol. The number of aromatic nitrogens is 1. The smallest absolute Gasteiger partial charge is 0.249 e. The summed E-state index contributed by atoms with van der Waals surface area (Å²) in [5.41, 5.74) is 2.91. The standard InChI is InChI=1S/C21H21N3O3S/c1-12-7-9-14(10-8-12)17-11-28-21(22-17)23-18(25)13(2)24-19(26)15-5-3-4-6-16(15)20(24)27/h3-4,7-11,13,15-16H,5-6H2,1-2H3,(H,22,23,25)/t13-,15?,16?/m0/s1. The van der Waals surface area contributed by atoms with Gasteiger partial charge in [-0.15, -0.1) is 11.3 Å². The molecule has 3 amide bonds. The predicted octanol–water partition coefficient (Wildman–Crippen LogP) is 3.40. The van der Waals surface area contributed by atoms with Crippen LogP contribution in [-0.2, 0) is 14.4 Å². The highest BCUT2D eigenvalue weighted by Crippen LogP contribution is 2.36. The number of benzene rings is 1. The Bertz CT molecular complexity index is 938. The van der Waals surface area contributed by atoms with E-state index in [-0.39, 0.29) is 23.7 Å². The Labute approximate surface area is 167 Å². The first kappa shape index (κ1) is 18.6. The van der Waals surface area contributed by atoms with Gasteiger partial charge in [0, 0.05) is 10.9 Å². The number of rotatable bonds is 4. The molecule has 6 nitrogen and oxygen atoms in total. The Kier molecular flexibility index (Phi) is 4.85. The highest BCUT2D eigenvalue weighted by atomic mass is 32.1. The molecule has 1 aliphatic carbocycles. The number of anilines is 1. The van der Waals surface area contributed by atoms with Crippen LogP contribution < -0.4 is 5.32 Å². The molecule has 0 spiro atoms. The molecule has 2 aromatic rings. The molecule has 28 heavy (non-hydrogen) atoms. The maximum atomic E-state index is 12.7. The minimum atomic E-state index is -0.864. The van der Waals surface area contributed by atoms with Crippen LogP contribution in [-0.4, -0.2) is 33.6 Å². The Morgan fingerprint density at radius 1 is 1.14 bits per heavy atom. The van der Waals surface area contributed by atoms with Crippen LogP contribution in [0.15, 0.2) is 41.8 Å². The number of hydrogen-bond donors (Lipinski definition) is 1. The van der Waals surface area contributed by atoms with E-state index in [0.29, 0.717) is 18.0 Å². The summed E-state index contributed by atoms with van der Waals surface area (Å²) in [5.74, 6) is -1.57. The average Bonchev–Trinajstić information content (AvgIpc) is 3.25. The molecule has 1 N–H and O–H groups in total. The number of carbonyl (C=O) groups is 3. The van der Waals surface area contributed by atoms with E-state index < -0.39 is 11.9 Å². The van der Waals surface area contributed by atoms with Crippen molar-refractivity contribution < 1.29 is 14.4 Å². The fourth-order valence-electron chi connectivity index (χ4n) is 3.72. The average molecular weight is 395 g/mol. The molecule has 0 bridgehead atoms. The number of carbonyl (C=O) groups excluding carboxylic acids is 3. The molecule has 7 heteroatoms. The molecular formula is C21H21N3O3S. The second kappa shape index (κ2) is 7.31. The summed E-state index contributed by atoms with van der Waals surface area (Å²) >= 11 is 1.32. The second-order valence-electron chi connectivity index (χ2n) is 7.27. The molecule has 0 saturated carbocycles. The van der Waals surface area contributed by atoms with E-state index in [2.05, 4.69) is 10.3 Å². The summed E-state index contributed by atoms with van der Waals surface area (Å²) in [6.07, 6.45) is 4.99. The van der Waals surface area contributed by atoms with Gasteiger partial charge in [-0.2, -0.15) is 0 Å². The SMILES string of the molecule is Cc1ccc(-c2csc(NC(=O)[C@H](C)N3C(=O)C4CC=CCC4C3=O)n2)cc1. The quantitative estimate of drug-likeness (QED) is 0.636. The summed E-state index contributed by atoms with van der Waals surface area (Å²) < 4.78 is 0. The summed E-state index contributed by atoms with van der Waals surface area (Å²) in [6.45, 7) is 3.61. The summed E-state index contributed by atoms with van der Waals surface area (Å²) in [4.78, 5) is 43.6. The van der Waals surface area contributed by atoms with Gasteiger partial charge in [0.2, 0.25) is 17.7 Å². The number of thiazole rings is 1. The van der Waals surface area contributed by atoms with E-state index in [0.717, 1.165) is 21.7 Å². The van der Waals surface area contributed by atoms with E-state index in [1.54, 1.807) is 6.92 Å². The topological polar surface area (TPSA) is 79.4 Å². The number of fused-ring (bicyclic) bond motifs is 1. The van der Waals surface area contributed by atoms with Crippen molar-refractivity contribution >= 4 is 34.2 Å². The third-order valence-electron chi connectivity index (χ3n) is 5.39. The van der Waals surface area contributed by atoms with Crippen molar-refractivity contribution in [2.45, 2.75) is 32.7 Å². The molecule has 1 aliphatic heterocycles. The summed E-state index contributed by atoms with van der Waals surface area (Å²) in [6, 6.07) is 7.12. The van der Waals surface area contributed by atoms with Crippen LogP contribution in [0.4, 0.5) is 5.13 Å². The number of amides is 3. The number of aryl methyl sites for hydroxylation is 1. The van der Waals surface area contributed by atoms with Gasteiger partial charge in [-0.1, -0.05) is 42.0 Å². The van der Waals surface area contributed by atoms with Crippen molar-refractivity contribution in [3.05, 3.63) is 47.4 Å². The van der Waals surface area contributed by atoms with Gasteiger partial charge >= 0.3 is 0 Å². The lowest BCUT2D eigenvalue weighted by Crippen LogP contribution is -2.46. The fraction of sp³-hybridized carbons (Fsp3) is 0.333. The number of likely N-dealkylation sites (tertiary alicyclic amines) is 1. The van der Waals surface area contributed by atoms with E-state index in [9.17, 15) is 14.4 Å². The maximum Gasteiger partial charge on any atom is 0.249 e. The molecule has 2 unspecified atom stereocenters. The van der Waals surface area contributed by atoms with Crippen LogP contribution in [0.25, 0.3) is 11.3 Å². The fourth-order valence-corrected chi connectivity index (χ4v) is 4.45. The maximum absolute atomic E-state index is 12.7. The number of nitrogens with zero attached hydrogens (tertiary/aromatic N) is 2. The minimum absolute atomic E-state index is 0.249. The largest absolute Gasteiger partial charge is 0.300 e. The molecule has 0 radical (unpaired) electrons. The molecule has 2 aliphatic rings. The lowest BCUT2D eigenvalue weighted by atomic mass is 9.85. The number of allylic oxidation sites excluding steroid dienone is 2. The molecule has 144 valence electrons. The third-order valence-corrected chi connectivity index (χ3v) is 6.15. The van der Waals surface area contributed by atoms with E-state index >= 15 is 0 Å². The zero-order valence-corrected chi connectivity index (χ0v) is 16.5. The Morgan fingerprint density at radius 3 is 2.36 bits per heavy atom. The molecule has 1 aromatic carbocycles. The van der Waals surface area contributed by atoms with Crippen molar-refractivity contribution in [3.63, 3.8) is 0 Å². The first-order valence-corrected chi connectivity index (χ1v) is 10.2. The summed E-state index contributed by atoms with van der Waals surface area (Å²) in [7, 11) is 0. The Hall–Kier alpha value is -2.80. The minimum Gasteiger partial charge on any atom is -0.300 e. The molecule has 2 heterocycles. The van der Waals surface area contributed by atoms with Gasteiger partial charge in [0.05, 0.1) is 17.5 Å². The Morgan fingerprint density at radius 2 is 1.75 bits per heavy atom. The number of imide groups is 1. The highest BCUT2D eigenvalue weighted by molar-refractivity contribution is 7.14. The number of hydrogen-bond acceptors (Lipinski definition) is 5. The van der Waals surface area contributed by atoms with Crippen molar-refractivity contribution in [2.24, 2.45) is 11.8 Å². The van der Waals surface area contributed by atoms with Gasteiger partial charge in [-0.05, 0) is 26.7 Å². The van der Waals surface area contributed by atoms with Crippen LogP contribution in [0.5, 0.6) is 0 Å². The third kappa shape index (κ3) is 3.26. The van der Waals surface area contributed by atoms with Gasteiger partial charge in [0.1, 0.15) is 6.04 Å². The highest BCUT2D eigenvalue weighted by Gasteiger charge is 2.50. The van der Waals surface area contributed by atoms with Crippen molar-refractivity contribution in [2.75, 3.05) is 5.32 Å². The lowest BCUT2D eigenvalue weighted by Gasteiger charge is -2.21. The van der Waals surface area contributed by atoms with Crippen LogP contribution in [0.2, 0.25) is 0 Å². The molecule has 1 saturated heterocycles. The van der Waals surface area contributed by atoms with Crippen LogP contribution in [0.3, 0.4) is 0 Å². The molecule has 1 fully saturated rings. The van der Waals surface area contributed by atoms with Gasteiger partial charge < -0.3 is 5.32 Å². The van der Waals surface area contributed by atoms with Gasteiger partial charge in [-0.25, -0.2) is 4.98 Å². The van der Waals surface area contributed by atoms with Crippen molar-refractivity contribution in [1.82, 2.24) is 9.88 Å². The molecule has 3 atom stereocenters. The van der Waals surface area contributed by atoms with E-state index in [1.807, 2.05) is 48.7 Å². The van der Waals surface area contributed by atoms with Gasteiger partial charge in [-0.3, -0.25) is 19.3 Å². The normalized spacial score (nSPS) is 22.3. The van der Waals surface area contributed by atoms with Crippen molar-refractivity contribution in [3.8, 4) is 11.3 Å². The molecule has 4 rings (SSSR count). The van der Waals surface area contributed by atoms with Crippen LogP contribution in [0, 0.1) is 18.8 Å². The Balaban J connectivity index is 1.46. The monoisotopic (exact) mass is 395 g/mol. The first-order chi connectivity index (χ1) is 13.5. The zero-order valence-electron chi connectivity index (χ0n) is 15.7. The van der Waals surface area contributed by atoms with E-state index in [4.69, 9.17) is 0 Å². The lowest BCUT2D eigenvalue weighted by molar-refractivity contribution is -0.146. The van der Waals surface area contributed by atoms with Gasteiger partial charge in [0.15, 0.2) is 5.13 Å². The van der Waals surface area contributed by atoms with Crippen molar-refractivity contribution in [1.29, 1.82) is 0 Å². The van der Waals surface area contributed by atoms with E-state index in [1.165, 1.54) is 11.3 Å². The second-order valence-corrected chi connectivity index (χ2v) is 8.13.